The quantitative estimate of drug-likeness (QED) is 0.552. The summed E-state index contributed by atoms with van der Waals surface area (Å²) in [5.74, 6) is 0. The van der Waals surface area contributed by atoms with Gasteiger partial charge in [0.05, 0.1) is 0 Å². The molecular formula is C8H13F6N. The number of rotatable bonds is 6. The molecule has 1 N–H and O–H groups in total. The van der Waals surface area contributed by atoms with Gasteiger partial charge in [-0.05, 0) is 25.9 Å². The Hall–Kier alpha value is -0.460. The molecule has 0 bridgehead atoms. The molecule has 0 saturated heterocycles. The van der Waals surface area contributed by atoms with Gasteiger partial charge in [0.15, 0.2) is 0 Å². The lowest BCUT2D eigenvalue weighted by molar-refractivity contribution is -0.135. The smallest absolute Gasteiger partial charge is 0.317 e. The van der Waals surface area contributed by atoms with Crippen LogP contribution in [0.15, 0.2) is 0 Å². The normalized spacial score (nSPS) is 13.2. The Morgan fingerprint density at radius 1 is 0.667 bits per heavy atom. The molecule has 0 aromatic rings. The minimum absolute atomic E-state index is 0.0946. The molecular weight excluding hydrogens is 224 g/mol. The van der Waals surface area contributed by atoms with Crippen LogP contribution in [0.2, 0.25) is 0 Å². The third-order valence-electron chi connectivity index (χ3n) is 1.63. The van der Waals surface area contributed by atoms with Crippen molar-refractivity contribution in [2.45, 2.75) is 38.0 Å². The molecule has 15 heavy (non-hydrogen) atoms. The number of halogens is 6. The minimum atomic E-state index is -4.19. The summed E-state index contributed by atoms with van der Waals surface area (Å²) in [6.07, 6.45) is -10.4. The minimum Gasteiger partial charge on any atom is -0.317 e. The highest BCUT2D eigenvalue weighted by Crippen LogP contribution is 2.21. The van der Waals surface area contributed by atoms with E-state index in [1.165, 1.54) is 0 Å². The molecule has 0 aliphatic rings. The van der Waals surface area contributed by atoms with Gasteiger partial charge in [0, 0.05) is 12.8 Å². The Morgan fingerprint density at radius 2 is 1.00 bits per heavy atom. The Labute approximate surface area is 83.8 Å². The van der Waals surface area contributed by atoms with Gasteiger partial charge in [-0.15, -0.1) is 0 Å². The molecule has 0 heterocycles. The molecule has 0 amide bonds. The van der Waals surface area contributed by atoms with Crippen molar-refractivity contribution in [2.24, 2.45) is 0 Å². The van der Waals surface area contributed by atoms with Gasteiger partial charge in [-0.1, -0.05) is 0 Å². The van der Waals surface area contributed by atoms with Crippen LogP contribution in [-0.2, 0) is 0 Å². The zero-order chi connectivity index (χ0) is 11.9. The first kappa shape index (κ1) is 14.5. The van der Waals surface area contributed by atoms with Crippen LogP contribution in [0, 0.1) is 0 Å². The summed E-state index contributed by atoms with van der Waals surface area (Å²) in [6.45, 7) is 0.189. The van der Waals surface area contributed by atoms with Crippen molar-refractivity contribution in [2.75, 3.05) is 13.1 Å². The maximum atomic E-state index is 11.6. The van der Waals surface area contributed by atoms with Crippen LogP contribution in [0.5, 0.6) is 0 Å². The zero-order valence-corrected chi connectivity index (χ0v) is 8.01. The fraction of sp³-hybridized carbons (Fsp3) is 1.00. The number of alkyl halides is 6. The molecule has 0 spiro atoms. The molecule has 0 saturated carbocycles. The Kier molecular flexibility index (Phi) is 6.00. The average Bonchev–Trinajstić information content (AvgIpc) is 1.98. The van der Waals surface area contributed by atoms with E-state index in [0.717, 1.165) is 0 Å². The second kappa shape index (κ2) is 6.19. The fourth-order valence-electron chi connectivity index (χ4n) is 0.953. The van der Waals surface area contributed by atoms with Crippen molar-refractivity contribution in [1.29, 1.82) is 0 Å². The average molecular weight is 237 g/mol. The highest BCUT2D eigenvalue weighted by Gasteiger charge is 2.26. The van der Waals surface area contributed by atoms with Crippen molar-refractivity contribution in [1.82, 2.24) is 5.32 Å². The van der Waals surface area contributed by atoms with Crippen molar-refractivity contribution < 1.29 is 26.3 Å². The van der Waals surface area contributed by atoms with Gasteiger partial charge >= 0.3 is 12.4 Å². The Morgan fingerprint density at radius 3 is 1.27 bits per heavy atom. The van der Waals surface area contributed by atoms with Crippen LogP contribution >= 0.6 is 0 Å². The maximum Gasteiger partial charge on any atom is 0.389 e. The molecule has 0 rings (SSSR count). The topological polar surface area (TPSA) is 12.0 Å². The largest absolute Gasteiger partial charge is 0.389 e. The SMILES string of the molecule is FC(F)(F)CCCNCCCC(F)(F)F. The molecule has 0 fully saturated rings. The Balaban J connectivity index is 3.20. The van der Waals surface area contributed by atoms with E-state index in [9.17, 15) is 26.3 Å². The lowest BCUT2D eigenvalue weighted by atomic mass is 10.3. The lowest BCUT2D eigenvalue weighted by Gasteiger charge is -2.08. The summed E-state index contributed by atoms with van der Waals surface area (Å²) < 4.78 is 69.7. The molecule has 92 valence electrons. The van der Waals surface area contributed by atoms with E-state index >= 15 is 0 Å². The van der Waals surface area contributed by atoms with Crippen LogP contribution in [0.1, 0.15) is 25.7 Å². The van der Waals surface area contributed by atoms with E-state index in [-0.39, 0.29) is 25.9 Å². The Bertz CT molecular complexity index is 143. The number of hydrogen-bond acceptors (Lipinski definition) is 1. The van der Waals surface area contributed by atoms with Gasteiger partial charge in [-0.2, -0.15) is 26.3 Å². The second-order valence-electron chi connectivity index (χ2n) is 3.19. The lowest BCUT2D eigenvalue weighted by Crippen LogP contribution is -2.20. The molecule has 1 nitrogen and oxygen atoms in total. The summed E-state index contributed by atoms with van der Waals surface area (Å²) >= 11 is 0. The zero-order valence-electron chi connectivity index (χ0n) is 8.01. The highest BCUT2D eigenvalue weighted by atomic mass is 19.4. The molecule has 0 unspecified atom stereocenters. The van der Waals surface area contributed by atoms with Gasteiger partial charge in [0.1, 0.15) is 0 Å². The van der Waals surface area contributed by atoms with Crippen LogP contribution < -0.4 is 5.32 Å². The van der Waals surface area contributed by atoms with Crippen molar-refractivity contribution in [3.8, 4) is 0 Å². The van der Waals surface area contributed by atoms with E-state index in [0.29, 0.717) is 0 Å². The molecule has 0 aliphatic carbocycles. The van der Waals surface area contributed by atoms with Crippen LogP contribution in [0.25, 0.3) is 0 Å². The molecule has 0 aromatic carbocycles. The van der Waals surface area contributed by atoms with Crippen molar-refractivity contribution in [3.63, 3.8) is 0 Å². The van der Waals surface area contributed by atoms with E-state index < -0.39 is 25.2 Å². The van der Waals surface area contributed by atoms with Crippen LogP contribution in [0.3, 0.4) is 0 Å². The van der Waals surface area contributed by atoms with Crippen LogP contribution in [0.4, 0.5) is 26.3 Å². The second-order valence-corrected chi connectivity index (χ2v) is 3.19. The van der Waals surface area contributed by atoms with Gasteiger partial charge < -0.3 is 5.32 Å². The number of hydrogen-bond donors (Lipinski definition) is 1. The summed E-state index contributed by atoms with van der Waals surface area (Å²) in [5, 5.41) is 2.53. The maximum absolute atomic E-state index is 11.6. The summed E-state index contributed by atoms with van der Waals surface area (Å²) in [4.78, 5) is 0. The molecule has 0 aromatic heterocycles. The fourth-order valence-corrected chi connectivity index (χ4v) is 0.953. The first-order valence-corrected chi connectivity index (χ1v) is 4.55. The monoisotopic (exact) mass is 237 g/mol. The van der Waals surface area contributed by atoms with Gasteiger partial charge in [0.2, 0.25) is 0 Å². The molecule has 0 aliphatic heterocycles. The molecule has 0 atom stereocenters. The van der Waals surface area contributed by atoms with Crippen molar-refractivity contribution >= 4 is 0 Å². The summed E-state index contributed by atoms with van der Waals surface area (Å²) in [5.41, 5.74) is 0. The standard InChI is InChI=1S/C8H13F6N/c9-7(10,11)3-1-5-15-6-2-4-8(12,13)14/h15H,1-6H2. The van der Waals surface area contributed by atoms with E-state index in [2.05, 4.69) is 5.32 Å². The third-order valence-corrected chi connectivity index (χ3v) is 1.63. The van der Waals surface area contributed by atoms with Gasteiger partial charge in [-0.3, -0.25) is 0 Å². The highest BCUT2D eigenvalue weighted by molar-refractivity contribution is 4.56. The van der Waals surface area contributed by atoms with E-state index in [1.54, 1.807) is 0 Å². The summed E-state index contributed by atoms with van der Waals surface area (Å²) in [7, 11) is 0. The predicted octanol–water partition coefficient (Wildman–Crippen LogP) is 3.26. The first-order chi connectivity index (χ1) is 6.71. The first-order valence-electron chi connectivity index (χ1n) is 4.55. The summed E-state index contributed by atoms with van der Waals surface area (Å²) in [6, 6.07) is 0. The van der Waals surface area contributed by atoms with Gasteiger partial charge in [0.25, 0.3) is 0 Å². The van der Waals surface area contributed by atoms with E-state index in [4.69, 9.17) is 0 Å². The van der Waals surface area contributed by atoms with Crippen LogP contribution in [-0.4, -0.2) is 25.4 Å². The van der Waals surface area contributed by atoms with Crippen molar-refractivity contribution in [3.05, 3.63) is 0 Å². The number of nitrogens with one attached hydrogen (secondary N) is 1. The predicted molar refractivity (Wildman–Crippen MR) is 43.4 cm³/mol. The third kappa shape index (κ3) is 13.5. The molecule has 7 heteroatoms. The molecule has 0 radical (unpaired) electrons. The van der Waals surface area contributed by atoms with E-state index in [1.807, 2.05) is 0 Å². The van der Waals surface area contributed by atoms with Gasteiger partial charge in [-0.25, -0.2) is 0 Å².